The predicted octanol–water partition coefficient (Wildman–Crippen LogP) is 2.19. The second-order valence-electron chi connectivity index (χ2n) is 4.87. The molecule has 0 spiro atoms. The van der Waals surface area contributed by atoms with Crippen molar-refractivity contribution in [3.8, 4) is 5.75 Å². The molecule has 0 heterocycles. The van der Waals surface area contributed by atoms with Gasteiger partial charge in [-0.2, -0.15) is 0 Å². The number of nitrogens with one attached hydrogen (secondary N) is 1. The largest absolute Gasteiger partial charge is 0.489 e. The summed E-state index contributed by atoms with van der Waals surface area (Å²) in [5.74, 6) is 0.715. The lowest BCUT2D eigenvalue weighted by Crippen LogP contribution is -2.36. The Labute approximate surface area is 126 Å². The van der Waals surface area contributed by atoms with E-state index in [0.29, 0.717) is 18.0 Å². The van der Waals surface area contributed by atoms with Gasteiger partial charge in [-0.15, -0.1) is 0 Å². The van der Waals surface area contributed by atoms with Gasteiger partial charge in [0.2, 0.25) is 0 Å². The number of hydrogen-bond acceptors (Lipinski definition) is 5. The van der Waals surface area contributed by atoms with Crippen molar-refractivity contribution in [2.45, 2.75) is 6.61 Å². The molecule has 0 unspecified atom stereocenters. The maximum absolute atomic E-state index is 11.3. The lowest BCUT2D eigenvalue weighted by atomic mass is 10.2. The Bertz CT molecular complexity index is 848. The van der Waals surface area contributed by atoms with Gasteiger partial charge in [-0.3, -0.25) is 9.59 Å². The van der Waals surface area contributed by atoms with E-state index in [9.17, 15) is 9.59 Å². The number of hydrogen-bond donors (Lipinski definition) is 2. The molecule has 0 saturated heterocycles. The first-order valence-corrected chi connectivity index (χ1v) is 6.78. The number of nitrogens with two attached hydrogens (primary N) is 1. The predicted molar refractivity (Wildman–Crippen MR) is 86.3 cm³/mol. The van der Waals surface area contributed by atoms with Crippen molar-refractivity contribution in [1.29, 1.82) is 0 Å². The SMILES string of the molecule is Nc1c(Nc2ccc(OCc3ccccc3)cc2)c(=O)c1=O. The van der Waals surface area contributed by atoms with Crippen molar-refractivity contribution in [2.24, 2.45) is 0 Å². The van der Waals surface area contributed by atoms with E-state index in [4.69, 9.17) is 10.5 Å². The summed E-state index contributed by atoms with van der Waals surface area (Å²) in [5, 5.41) is 2.84. The number of benzene rings is 2. The van der Waals surface area contributed by atoms with E-state index >= 15 is 0 Å². The molecule has 3 N–H and O–H groups in total. The quantitative estimate of drug-likeness (QED) is 0.705. The lowest BCUT2D eigenvalue weighted by Gasteiger charge is -2.11. The van der Waals surface area contributed by atoms with Crippen LogP contribution in [0.5, 0.6) is 5.75 Å². The van der Waals surface area contributed by atoms with Gasteiger partial charge in [0.1, 0.15) is 23.7 Å². The molecule has 0 bridgehead atoms. The van der Waals surface area contributed by atoms with Crippen molar-refractivity contribution in [3.63, 3.8) is 0 Å². The van der Waals surface area contributed by atoms with E-state index in [1.807, 2.05) is 30.3 Å². The minimum atomic E-state index is -0.634. The summed E-state index contributed by atoms with van der Waals surface area (Å²) < 4.78 is 5.67. The van der Waals surface area contributed by atoms with Crippen LogP contribution in [0.2, 0.25) is 0 Å². The van der Waals surface area contributed by atoms with Gasteiger partial charge in [0.05, 0.1) is 0 Å². The molecule has 0 amide bonds. The molecule has 0 radical (unpaired) electrons. The van der Waals surface area contributed by atoms with Gasteiger partial charge in [-0.25, -0.2) is 0 Å². The molecule has 0 aliphatic carbocycles. The molecular weight excluding hydrogens is 280 g/mol. The first kappa shape index (κ1) is 13.9. The van der Waals surface area contributed by atoms with Crippen LogP contribution in [0.25, 0.3) is 0 Å². The first-order chi connectivity index (χ1) is 10.6. The van der Waals surface area contributed by atoms with Crippen molar-refractivity contribution >= 4 is 17.1 Å². The van der Waals surface area contributed by atoms with Crippen LogP contribution in [0.3, 0.4) is 0 Å². The highest BCUT2D eigenvalue weighted by molar-refractivity contribution is 5.76. The van der Waals surface area contributed by atoms with Crippen molar-refractivity contribution in [3.05, 3.63) is 80.6 Å². The Hall–Kier alpha value is -3.08. The van der Waals surface area contributed by atoms with Crippen molar-refractivity contribution in [2.75, 3.05) is 11.1 Å². The topological polar surface area (TPSA) is 81.4 Å². The fourth-order valence-electron chi connectivity index (χ4n) is 2.05. The van der Waals surface area contributed by atoms with E-state index in [2.05, 4.69) is 5.32 Å². The van der Waals surface area contributed by atoms with Gasteiger partial charge in [-0.1, -0.05) is 30.3 Å². The second kappa shape index (κ2) is 5.73. The molecule has 110 valence electrons. The third-order valence-electron chi connectivity index (χ3n) is 3.32. The summed E-state index contributed by atoms with van der Waals surface area (Å²) in [6.45, 7) is 0.485. The van der Waals surface area contributed by atoms with Gasteiger partial charge in [-0.05, 0) is 29.8 Å². The molecule has 0 atom stereocenters. The highest BCUT2D eigenvalue weighted by atomic mass is 16.5. The van der Waals surface area contributed by atoms with Gasteiger partial charge >= 0.3 is 0 Å². The monoisotopic (exact) mass is 294 g/mol. The summed E-state index contributed by atoms with van der Waals surface area (Å²) in [7, 11) is 0. The molecule has 5 heteroatoms. The van der Waals surface area contributed by atoms with Crippen LogP contribution in [0.4, 0.5) is 17.1 Å². The number of nitrogen functional groups attached to an aromatic ring is 1. The Balaban J connectivity index is 1.63. The third-order valence-corrected chi connectivity index (χ3v) is 3.32. The minimum Gasteiger partial charge on any atom is -0.489 e. The summed E-state index contributed by atoms with van der Waals surface area (Å²) in [6, 6.07) is 16.9. The molecule has 3 rings (SSSR count). The maximum atomic E-state index is 11.3. The summed E-state index contributed by atoms with van der Waals surface area (Å²) in [5.41, 5.74) is 6.15. The zero-order valence-electron chi connectivity index (χ0n) is 11.7. The third kappa shape index (κ3) is 2.69. The molecule has 0 aliphatic heterocycles. The average Bonchev–Trinajstić information content (AvgIpc) is 2.59. The Morgan fingerprint density at radius 1 is 0.909 bits per heavy atom. The van der Waals surface area contributed by atoms with Crippen molar-refractivity contribution in [1.82, 2.24) is 0 Å². The van der Waals surface area contributed by atoms with Crippen LogP contribution < -0.4 is 26.6 Å². The van der Waals surface area contributed by atoms with Crippen LogP contribution >= 0.6 is 0 Å². The number of rotatable bonds is 5. The molecule has 0 saturated carbocycles. The molecule has 22 heavy (non-hydrogen) atoms. The normalized spacial score (nSPS) is 10.5. The number of anilines is 3. The summed E-state index contributed by atoms with van der Waals surface area (Å²) >= 11 is 0. The van der Waals surface area contributed by atoms with E-state index in [1.54, 1.807) is 24.3 Å². The fourth-order valence-corrected chi connectivity index (χ4v) is 2.05. The molecule has 3 aromatic carbocycles. The van der Waals surface area contributed by atoms with E-state index in [1.165, 1.54) is 0 Å². The average molecular weight is 294 g/mol. The van der Waals surface area contributed by atoms with Gasteiger partial charge < -0.3 is 15.8 Å². The molecule has 0 aliphatic rings. The standard InChI is InChI=1S/C17H14N2O3/c18-14-15(17(21)16(14)20)19-12-6-8-13(9-7-12)22-10-11-4-2-1-3-5-11/h1-9,19H,10,18H2. The van der Waals surface area contributed by atoms with Crippen LogP contribution in [-0.2, 0) is 6.61 Å². The molecule has 0 aromatic heterocycles. The van der Waals surface area contributed by atoms with Crippen molar-refractivity contribution < 1.29 is 4.74 Å². The minimum absolute atomic E-state index is 0.0191. The lowest BCUT2D eigenvalue weighted by molar-refractivity contribution is 0.306. The summed E-state index contributed by atoms with van der Waals surface area (Å²) in [6.07, 6.45) is 0. The van der Waals surface area contributed by atoms with Crippen LogP contribution in [0.15, 0.2) is 64.2 Å². The van der Waals surface area contributed by atoms with Crippen LogP contribution in [-0.4, -0.2) is 0 Å². The van der Waals surface area contributed by atoms with Gasteiger partial charge in [0.15, 0.2) is 0 Å². The summed E-state index contributed by atoms with van der Waals surface area (Å²) in [4.78, 5) is 22.4. The van der Waals surface area contributed by atoms with Crippen LogP contribution in [0.1, 0.15) is 5.56 Å². The Morgan fingerprint density at radius 3 is 2.23 bits per heavy atom. The smallest absolute Gasteiger partial charge is 0.253 e. The highest BCUT2D eigenvalue weighted by Gasteiger charge is 2.17. The molecule has 5 nitrogen and oxygen atoms in total. The zero-order valence-corrected chi connectivity index (χ0v) is 11.7. The van der Waals surface area contributed by atoms with E-state index in [0.717, 1.165) is 5.56 Å². The number of ether oxygens (including phenoxy) is 1. The highest BCUT2D eigenvalue weighted by Crippen LogP contribution is 2.21. The Morgan fingerprint density at radius 2 is 1.59 bits per heavy atom. The van der Waals surface area contributed by atoms with E-state index in [-0.39, 0.29) is 11.4 Å². The van der Waals surface area contributed by atoms with Crippen LogP contribution in [0, 0.1) is 0 Å². The maximum Gasteiger partial charge on any atom is 0.253 e. The fraction of sp³-hybridized carbons (Fsp3) is 0.0588. The van der Waals surface area contributed by atoms with E-state index < -0.39 is 10.9 Å². The zero-order chi connectivity index (χ0) is 15.5. The Kier molecular flexibility index (Phi) is 3.62. The molecular formula is C17H14N2O3. The van der Waals surface area contributed by atoms with Gasteiger partial charge in [0.25, 0.3) is 10.9 Å². The molecule has 3 aromatic rings. The molecule has 0 fully saturated rings. The van der Waals surface area contributed by atoms with Gasteiger partial charge in [0, 0.05) is 5.69 Å². The first-order valence-electron chi connectivity index (χ1n) is 6.78. The second-order valence-corrected chi connectivity index (χ2v) is 4.87.